The van der Waals surface area contributed by atoms with Crippen LogP contribution in [0.25, 0.3) is 0 Å². The fraction of sp³-hybridized carbons (Fsp3) is 0.375. The first kappa shape index (κ1) is 19.1. The molecule has 0 aliphatic rings. The number of imidazole rings is 1. The lowest BCUT2D eigenvalue weighted by atomic mass is 10.2. The molecule has 0 unspecified atom stereocenters. The number of alkyl halides is 3. The number of carboxylic acids is 1. The summed E-state index contributed by atoms with van der Waals surface area (Å²) >= 11 is 5.91. The van der Waals surface area contributed by atoms with Gasteiger partial charge in [0.2, 0.25) is 0 Å². The van der Waals surface area contributed by atoms with Crippen molar-refractivity contribution in [2.24, 2.45) is 0 Å². The molecule has 1 N–H and O–H groups in total. The minimum Gasteiger partial charge on any atom is -0.476 e. The van der Waals surface area contributed by atoms with E-state index in [4.69, 9.17) is 11.6 Å². The molecule has 25 heavy (non-hydrogen) atoms. The highest BCUT2D eigenvalue weighted by atomic mass is 35.5. The second-order valence-corrected chi connectivity index (χ2v) is 5.68. The van der Waals surface area contributed by atoms with Crippen LogP contribution >= 0.6 is 11.6 Å². The number of rotatable bonds is 7. The highest BCUT2D eigenvalue weighted by molar-refractivity contribution is 6.32. The van der Waals surface area contributed by atoms with Crippen LogP contribution < -0.4 is 4.74 Å². The standard InChI is InChI=1S/C16H16ClF3N2O3/c1-2-3-8-12-21-14(17)13(15(23)24)22(12)9-10-6-4-5-7-11(10)25-16(18,19)20/h4-7H,2-3,8-9H2,1H3,(H,23,24). The SMILES string of the molecule is CCCCc1nc(Cl)c(C(=O)O)n1Cc1ccccc1OC(F)(F)F. The zero-order chi connectivity index (χ0) is 18.6. The molecular weight excluding hydrogens is 361 g/mol. The first-order chi connectivity index (χ1) is 11.7. The highest BCUT2D eigenvalue weighted by Crippen LogP contribution is 2.28. The van der Waals surface area contributed by atoms with Crippen LogP contribution in [0.3, 0.4) is 0 Å². The van der Waals surface area contributed by atoms with Gasteiger partial charge >= 0.3 is 12.3 Å². The van der Waals surface area contributed by atoms with E-state index < -0.39 is 18.1 Å². The second kappa shape index (κ2) is 7.77. The minimum absolute atomic E-state index is 0.146. The number of aryl methyl sites for hydroxylation is 1. The van der Waals surface area contributed by atoms with Crippen molar-refractivity contribution >= 4 is 17.6 Å². The van der Waals surface area contributed by atoms with Crippen LogP contribution in [0.15, 0.2) is 24.3 Å². The van der Waals surface area contributed by atoms with E-state index >= 15 is 0 Å². The maximum Gasteiger partial charge on any atom is 0.573 e. The maximum atomic E-state index is 12.6. The lowest BCUT2D eigenvalue weighted by Crippen LogP contribution is -2.19. The molecule has 2 aromatic rings. The average Bonchev–Trinajstić information content (AvgIpc) is 2.81. The van der Waals surface area contributed by atoms with E-state index in [1.807, 2.05) is 6.92 Å². The fourth-order valence-corrected chi connectivity index (χ4v) is 2.68. The molecule has 2 rings (SSSR count). The number of unbranched alkanes of at least 4 members (excludes halogenated alkanes) is 1. The van der Waals surface area contributed by atoms with Gasteiger partial charge in [-0.2, -0.15) is 0 Å². The third-order valence-electron chi connectivity index (χ3n) is 3.49. The van der Waals surface area contributed by atoms with Gasteiger partial charge in [0.25, 0.3) is 0 Å². The Morgan fingerprint density at radius 2 is 2.04 bits per heavy atom. The molecule has 0 radical (unpaired) electrons. The van der Waals surface area contributed by atoms with Crippen LogP contribution in [-0.4, -0.2) is 27.0 Å². The topological polar surface area (TPSA) is 64.3 Å². The number of ether oxygens (including phenoxy) is 1. The molecule has 0 spiro atoms. The van der Waals surface area contributed by atoms with Gasteiger partial charge in [-0.1, -0.05) is 43.1 Å². The van der Waals surface area contributed by atoms with Gasteiger partial charge in [-0.3, -0.25) is 0 Å². The van der Waals surface area contributed by atoms with E-state index in [2.05, 4.69) is 9.72 Å². The summed E-state index contributed by atoms with van der Waals surface area (Å²) in [5.41, 5.74) is -0.0799. The van der Waals surface area contributed by atoms with Gasteiger partial charge in [0.1, 0.15) is 11.6 Å². The van der Waals surface area contributed by atoms with Gasteiger partial charge in [-0.25, -0.2) is 9.78 Å². The van der Waals surface area contributed by atoms with Crippen LogP contribution in [0.5, 0.6) is 5.75 Å². The molecule has 0 saturated heterocycles. The molecule has 1 heterocycles. The number of aromatic carboxylic acids is 1. The van der Waals surface area contributed by atoms with Gasteiger partial charge in [-0.15, -0.1) is 13.2 Å². The molecule has 0 aliphatic heterocycles. The number of hydrogen-bond acceptors (Lipinski definition) is 3. The third-order valence-corrected chi connectivity index (χ3v) is 3.75. The first-order valence-electron chi connectivity index (χ1n) is 7.54. The van der Waals surface area contributed by atoms with Gasteiger partial charge in [0.05, 0.1) is 6.54 Å². The predicted molar refractivity (Wildman–Crippen MR) is 85.0 cm³/mol. The fourth-order valence-electron chi connectivity index (χ4n) is 2.40. The van der Waals surface area contributed by atoms with E-state index in [-0.39, 0.29) is 23.0 Å². The Balaban J connectivity index is 2.44. The summed E-state index contributed by atoms with van der Waals surface area (Å²) in [5.74, 6) is -1.28. The number of carboxylic acid groups (broad SMARTS) is 1. The number of aromatic nitrogens is 2. The maximum absolute atomic E-state index is 12.6. The van der Waals surface area contributed by atoms with E-state index in [0.29, 0.717) is 12.2 Å². The molecule has 5 nitrogen and oxygen atoms in total. The van der Waals surface area contributed by atoms with Crippen LogP contribution in [0.4, 0.5) is 13.2 Å². The lowest BCUT2D eigenvalue weighted by Gasteiger charge is -2.15. The molecule has 0 aliphatic carbocycles. The molecule has 0 fully saturated rings. The molecule has 9 heteroatoms. The summed E-state index contributed by atoms with van der Waals surface area (Å²) in [6, 6.07) is 5.56. The normalized spacial score (nSPS) is 11.6. The van der Waals surface area contributed by atoms with Gasteiger partial charge in [0.15, 0.2) is 10.8 Å². The lowest BCUT2D eigenvalue weighted by molar-refractivity contribution is -0.274. The quantitative estimate of drug-likeness (QED) is 0.771. The molecule has 1 aromatic heterocycles. The smallest absolute Gasteiger partial charge is 0.476 e. The number of para-hydroxylation sites is 1. The summed E-state index contributed by atoms with van der Waals surface area (Å²) < 4.78 is 43.0. The van der Waals surface area contributed by atoms with E-state index in [0.717, 1.165) is 12.8 Å². The summed E-state index contributed by atoms with van der Waals surface area (Å²) in [6.45, 7) is 1.81. The van der Waals surface area contributed by atoms with Gasteiger partial charge in [0, 0.05) is 12.0 Å². The second-order valence-electron chi connectivity index (χ2n) is 5.32. The Hall–Kier alpha value is -2.22. The monoisotopic (exact) mass is 376 g/mol. The summed E-state index contributed by atoms with van der Waals surface area (Å²) in [5, 5.41) is 9.18. The molecule has 0 bridgehead atoms. The number of hydrogen-bond donors (Lipinski definition) is 1. The predicted octanol–water partition coefficient (Wildman–Crippen LogP) is 4.52. The van der Waals surface area contributed by atoms with Crippen LogP contribution in [0.1, 0.15) is 41.6 Å². The van der Waals surface area contributed by atoms with Crippen molar-refractivity contribution in [3.05, 3.63) is 46.5 Å². The molecular formula is C16H16ClF3N2O3. The minimum atomic E-state index is -4.84. The zero-order valence-corrected chi connectivity index (χ0v) is 14.1. The average molecular weight is 377 g/mol. The van der Waals surface area contributed by atoms with Crippen molar-refractivity contribution in [1.29, 1.82) is 0 Å². The van der Waals surface area contributed by atoms with E-state index in [1.54, 1.807) is 6.07 Å². The van der Waals surface area contributed by atoms with Crippen LogP contribution in [0.2, 0.25) is 5.15 Å². The zero-order valence-electron chi connectivity index (χ0n) is 13.3. The van der Waals surface area contributed by atoms with E-state index in [1.165, 1.54) is 22.8 Å². The van der Waals surface area contributed by atoms with Crippen molar-refractivity contribution in [2.45, 2.75) is 39.1 Å². The van der Waals surface area contributed by atoms with Crippen molar-refractivity contribution in [3.63, 3.8) is 0 Å². The Morgan fingerprint density at radius 1 is 1.36 bits per heavy atom. The Labute approximate surface area is 147 Å². The Morgan fingerprint density at radius 3 is 2.64 bits per heavy atom. The first-order valence-corrected chi connectivity index (χ1v) is 7.92. The molecule has 0 saturated carbocycles. The molecule has 0 amide bonds. The van der Waals surface area contributed by atoms with Crippen molar-refractivity contribution in [3.8, 4) is 5.75 Å². The summed E-state index contributed by atoms with van der Waals surface area (Å²) in [4.78, 5) is 15.5. The highest BCUT2D eigenvalue weighted by Gasteiger charge is 2.32. The molecule has 0 atom stereocenters. The van der Waals surface area contributed by atoms with Crippen LogP contribution in [0, 0.1) is 0 Å². The van der Waals surface area contributed by atoms with Crippen molar-refractivity contribution < 1.29 is 27.8 Å². The van der Waals surface area contributed by atoms with Crippen LogP contribution in [-0.2, 0) is 13.0 Å². The summed E-state index contributed by atoms with van der Waals surface area (Å²) in [6.07, 6.45) is -2.79. The number of halogens is 4. The largest absolute Gasteiger partial charge is 0.573 e. The van der Waals surface area contributed by atoms with Crippen molar-refractivity contribution in [1.82, 2.24) is 9.55 Å². The Bertz CT molecular complexity index is 760. The van der Waals surface area contributed by atoms with E-state index in [9.17, 15) is 23.1 Å². The Kier molecular flexibility index (Phi) is 5.94. The summed E-state index contributed by atoms with van der Waals surface area (Å²) in [7, 11) is 0. The number of nitrogens with zero attached hydrogens (tertiary/aromatic N) is 2. The third kappa shape index (κ3) is 4.88. The van der Waals surface area contributed by atoms with Crippen molar-refractivity contribution in [2.75, 3.05) is 0 Å². The number of carbonyl (C=O) groups is 1. The van der Waals surface area contributed by atoms with Gasteiger partial charge in [-0.05, 0) is 12.5 Å². The van der Waals surface area contributed by atoms with Gasteiger partial charge < -0.3 is 14.4 Å². The molecule has 136 valence electrons. The number of benzene rings is 1. The molecule has 1 aromatic carbocycles.